The Morgan fingerprint density at radius 3 is 1.36 bits per heavy atom. The molecule has 10 heteroatoms. The van der Waals surface area contributed by atoms with Gasteiger partial charge in [0.05, 0.1) is 0 Å². The molecule has 0 amide bonds. The van der Waals surface area contributed by atoms with E-state index < -0.39 is 10.2 Å². The molecule has 2 N–H and O–H groups in total. The van der Waals surface area contributed by atoms with Crippen LogP contribution in [-0.4, -0.2) is 30.6 Å². The van der Waals surface area contributed by atoms with Crippen LogP contribution in [0.25, 0.3) is 0 Å². The highest BCUT2D eigenvalue weighted by molar-refractivity contribution is 4.74. The molecule has 78 valence electrons. The highest BCUT2D eigenvalue weighted by atomic mass is 16.9. The van der Waals surface area contributed by atoms with Crippen LogP contribution in [0.3, 0.4) is 0 Å². The Bertz CT molecular complexity index is 207. The largest absolute Gasteiger partial charge is 0.328 e. The van der Waals surface area contributed by atoms with Crippen LogP contribution in [0.1, 0.15) is 0 Å². The molecule has 14 heavy (non-hydrogen) atoms. The zero-order chi connectivity index (χ0) is 11.4. The van der Waals surface area contributed by atoms with Crippen LogP contribution < -0.4 is 0 Å². The summed E-state index contributed by atoms with van der Waals surface area (Å²) in [5.41, 5.74) is 0. The molecule has 0 bridgehead atoms. The minimum atomic E-state index is -1.50. The minimum absolute atomic E-state index is 1.50. The van der Waals surface area contributed by atoms with Gasteiger partial charge in [-0.3, -0.25) is 0 Å². The first kappa shape index (κ1) is 14.0. The standard InChI is InChI=1S/C4H4N2.2HNO3/c1-2-5-4-6-3-1;2*2-1(3)4/h1-4H;2*(H,2,3,4). The van der Waals surface area contributed by atoms with Gasteiger partial charge in [-0.1, -0.05) is 0 Å². The van der Waals surface area contributed by atoms with E-state index in [1.807, 2.05) is 0 Å². The topological polar surface area (TPSA) is 153 Å². The molecule has 0 radical (unpaired) electrons. The summed E-state index contributed by atoms with van der Waals surface area (Å²) in [5, 5.41) is 27.3. The van der Waals surface area contributed by atoms with E-state index in [9.17, 15) is 0 Å². The van der Waals surface area contributed by atoms with Crippen molar-refractivity contribution in [1.29, 1.82) is 0 Å². The molecule has 1 aromatic heterocycles. The Morgan fingerprint density at radius 2 is 1.29 bits per heavy atom. The average Bonchev–Trinajstić information content (AvgIpc) is 2.05. The van der Waals surface area contributed by atoms with Gasteiger partial charge in [-0.05, 0) is 6.07 Å². The fourth-order valence-electron chi connectivity index (χ4n) is 0.253. The summed E-state index contributed by atoms with van der Waals surface area (Å²) in [6.45, 7) is 0. The fourth-order valence-corrected chi connectivity index (χ4v) is 0.253. The lowest BCUT2D eigenvalue weighted by molar-refractivity contribution is -0.742. The highest BCUT2D eigenvalue weighted by Crippen LogP contribution is 1.66. The highest BCUT2D eigenvalue weighted by Gasteiger charge is 1.65. The van der Waals surface area contributed by atoms with Gasteiger partial charge in [-0.25, -0.2) is 9.97 Å². The third-order valence-electron chi connectivity index (χ3n) is 0.478. The third kappa shape index (κ3) is 56.3. The molecule has 0 aromatic carbocycles. The lowest BCUT2D eigenvalue weighted by Gasteiger charge is -1.70. The summed E-state index contributed by atoms with van der Waals surface area (Å²) in [5.74, 6) is 0. The Morgan fingerprint density at radius 1 is 1.00 bits per heavy atom. The van der Waals surface area contributed by atoms with E-state index >= 15 is 0 Å². The fraction of sp³-hybridized carbons (Fsp3) is 0. The van der Waals surface area contributed by atoms with Gasteiger partial charge in [0, 0.05) is 12.4 Å². The van der Waals surface area contributed by atoms with Crippen molar-refractivity contribution in [2.45, 2.75) is 0 Å². The molecular weight excluding hydrogens is 200 g/mol. The second kappa shape index (κ2) is 10.5. The maximum atomic E-state index is 8.36. The third-order valence-corrected chi connectivity index (χ3v) is 0.478. The summed E-state index contributed by atoms with van der Waals surface area (Å²) in [4.78, 5) is 24.1. The summed E-state index contributed by atoms with van der Waals surface area (Å²) in [6, 6.07) is 1.78. The second-order valence-electron chi connectivity index (χ2n) is 1.38. The van der Waals surface area contributed by atoms with Gasteiger partial charge in [-0.2, -0.15) is 0 Å². The van der Waals surface area contributed by atoms with Gasteiger partial charge in [-0.15, -0.1) is 20.2 Å². The normalized spacial score (nSPS) is 6.86. The molecule has 1 heterocycles. The molecular formula is C4H6N4O6. The number of rotatable bonds is 0. The Labute approximate surface area is 76.7 Å². The van der Waals surface area contributed by atoms with Crippen LogP contribution in [0.4, 0.5) is 0 Å². The number of hydrogen-bond donors (Lipinski definition) is 2. The lowest BCUT2D eigenvalue weighted by atomic mass is 10.7. The number of nitrogens with zero attached hydrogens (tertiary/aromatic N) is 4. The van der Waals surface area contributed by atoms with E-state index in [2.05, 4.69) is 9.97 Å². The van der Waals surface area contributed by atoms with Gasteiger partial charge >= 0.3 is 0 Å². The molecule has 0 aliphatic rings. The van der Waals surface area contributed by atoms with Gasteiger partial charge in [0.1, 0.15) is 6.33 Å². The summed E-state index contributed by atoms with van der Waals surface area (Å²) in [7, 11) is 0. The Kier molecular flexibility index (Phi) is 10.5. The van der Waals surface area contributed by atoms with Crippen molar-refractivity contribution in [3.63, 3.8) is 0 Å². The van der Waals surface area contributed by atoms with Crippen molar-refractivity contribution >= 4 is 0 Å². The van der Waals surface area contributed by atoms with Crippen LogP contribution >= 0.6 is 0 Å². The monoisotopic (exact) mass is 206 g/mol. The van der Waals surface area contributed by atoms with Gasteiger partial charge in [0.25, 0.3) is 10.2 Å². The second-order valence-corrected chi connectivity index (χ2v) is 1.38. The van der Waals surface area contributed by atoms with Crippen LogP contribution in [0.5, 0.6) is 0 Å². The molecule has 0 atom stereocenters. The Balaban J connectivity index is 0. The van der Waals surface area contributed by atoms with E-state index in [1.165, 1.54) is 6.33 Å². The van der Waals surface area contributed by atoms with E-state index in [0.29, 0.717) is 0 Å². The molecule has 0 aliphatic carbocycles. The van der Waals surface area contributed by atoms with Crippen molar-refractivity contribution in [3.8, 4) is 0 Å². The van der Waals surface area contributed by atoms with Gasteiger partial charge < -0.3 is 10.4 Å². The van der Waals surface area contributed by atoms with E-state index in [-0.39, 0.29) is 0 Å². The molecule has 0 aliphatic heterocycles. The van der Waals surface area contributed by atoms with Gasteiger partial charge in [0.15, 0.2) is 0 Å². The predicted molar refractivity (Wildman–Crippen MR) is 39.6 cm³/mol. The minimum Gasteiger partial charge on any atom is -0.328 e. The molecule has 0 fully saturated rings. The molecule has 10 nitrogen and oxygen atoms in total. The lowest BCUT2D eigenvalue weighted by Crippen LogP contribution is -1.81. The maximum Gasteiger partial charge on any atom is 0.291 e. The zero-order valence-electron chi connectivity index (χ0n) is 6.63. The van der Waals surface area contributed by atoms with Crippen molar-refractivity contribution in [1.82, 2.24) is 9.97 Å². The zero-order valence-corrected chi connectivity index (χ0v) is 6.63. The van der Waals surface area contributed by atoms with Crippen LogP contribution in [0, 0.1) is 20.2 Å². The van der Waals surface area contributed by atoms with Crippen molar-refractivity contribution in [2.24, 2.45) is 0 Å². The summed E-state index contributed by atoms with van der Waals surface area (Å²) < 4.78 is 0. The maximum absolute atomic E-state index is 8.36. The number of hydrogen-bond acceptors (Lipinski definition) is 6. The molecule has 0 saturated heterocycles. The first-order valence-corrected chi connectivity index (χ1v) is 2.83. The van der Waals surface area contributed by atoms with Crippen LogP contribution in [0.2, 0.25) is 0 Å². The SMILES string of the molecule is O=[N+]([O-])O.O=[N+]([O-])O.c1cncnc1. The van der Waals surface area contributed by atoms with E-state index in [4.69, 9.17) is 30.6 Å². The number of aromatic nitrogens is 2. The molecule has 1 aromatic rings. The van der Waals surface area contributed by atoms with E-state index in [1.54, 1.807) is 18.5 Å². The molecule has 0 saturated carbocycles. The summed E-state index contributed by atoms with van der Waals surface area (Å²) in [6.07, 6.45) is 4.88. The molecule has 0 spiro atoms. The molecule has 1 rings (SSSR count). The van der Waals surface area contributed by atoms with Crippen molar-refractivity contribution in [2.75, 3.05) is 0 Å². The quantitative estimate of drug-likeness (QED) is 0.436. The smallest absolute Gasteiger partial charge is 0.291 e. The van der Waals surface area contributed by atoms with Crippen LogP contribution in [0.15, 0.2) is 24.8 Å². The first-order valence-electron chi connectivity index (χ1n) is 2.83. The Hall–Kier alpha value is -2.52. The summed E-state index contributed by atoms with van der Waals surface area (Å²) >= 11 is 0. The molecule has 0 unspecified atom stereocenters. The average molecular weight is 206 g/mol. The van der Waals surface area contributed by atoms with E-state index in [0.717, 1.165) is 0 Å². The predicted octanol–water partition coefficient (Wildman–Crippen LogP) is -0.219. The van der Waals surface area contributed by atoms with Crippen molar-refractivity contribution < 1.29 is 20.6 Å². The van der Waals surface area contributed by atoms with Gasteiger partial charge in [0.2, 0.25) is 0 Å². The van der Waals surface area contributed by atoms with Crippen LogP contribution in [-0.2, 0) is 0 Å². The first-order chi connectivity index (χ1) is 6.46. The van der Waals surface area contributed by atoms with Crippen molar-refractivity contribution in [3.05, 3.63) is 45.0 Å².